The van der Waals surface area contributed by atoms with Crippen LogP contribution in [0.4, 0.5) is 5.95 Å². The van der Waals surface area contributed by atoms with Gasteiger partial charge in [-0.3, -0.25) is 4.79 Å². The van der Waals surface area contributed by atoms with E-state index in [1.165, 1.54) is 11.3 Å². The summed E-state index contributed by atoms with van der Waals surface area (Å²) in [5.41, 5.74) is 1.40. The molecule has 1 aromatic carbocycles. The van der Waals surface area contributed by atoms with Crippen LogP contribution in [0.3, 0.4) is 0 Å². The summed E-state index contributed by atoms with van der Waals surface area (Å²) in [6.45, 7) is 2.42. The summed E-state index contributed by atoms with van der Waals surface area (Å²) < 4.78 is 6.11. The molecule has 0 aliphatic heterocycles. The van der Waals surface area contributed by atoms with Crippen molar-refractivity contribution in [1.29, 1.82) is 5.26 Å². The molecule has 0 bridgehead atoms. The zero-order valence-corrected chi connectivity index (χ0v) is 15.7. The second-order valence-electron chi connectivity index (χ2n) is 5.81. The van der Waals surface area contributed by atoms with Crippen LogP contribution in [0, 0.1) is 11.3 Å². The average Bonchev–Trinajstić information content (AvgIpc) is 3.11. The number of hydrogen-bond acceptors (Lipinski definition) is 8. The predicted molar refractivity (Wildman–Crippen MR) is 103 cm³/mol. The number of ether oxygens (including phenoxy) is 1. The van der Waals surface area contributed by atoms with Crippen molar-refractivity contribution in [2.75, 3.05) is 18.5 Å². The highest BCUT2D eigenvalue weighted by Crippen LogP contribution is 2.30. The summed E-state index contributed by atoms with van der Waals surface area (Å²) in [7, 11) is 0. The van der Waals surface area contributed by atoms with E-state index in [1.54, 1.807) is 12.3 Å². The minimum Gasteiger partial charge on any atom is -0.464 e. The lowest BCUT2D eigenvalue weighted by Gasteiger charge is -2.09. The van der Waals surface area contributed by atoms with Crippen LogP contribution < -0.4 is 5.32 Å². The van der Waals surface area contributed by atoms with Crippen LogP contribution in [-0.4, -0.2) is 34.1 Å². The van der Waals surface area contributed by atoms with Crippen LogP contribution in [-0.2, 0) is 9.53 Å². The Labute approximate surface area is 161 Å². The molecule has 0 spiro atoms. The number of benzene rings is 1. The second-order valence-corrected chi connectivity index (χ2v) is 6.88. The fourth-order valence-electron chi connectivity index (χ4n) is 2.41. The van der Waals surface area contributed by atoms with E-state index in [0.29, 0.717) is 17.3 Å². The van der Waals surface area contributed by atoms with Crippen LogP contribution in [0.15, 0.2) is 36.5 Å². The quantitative estimate of drug-likeness (QED) is 0.471. The van der Waals surface area contributed by atoms with Gasteiger partial charge in [-0.25, -0.2) is 15.0 Å². The number of aromatic nitrogens is 3. The molecule has 2 heterocycles. The Morgan fingerprint density at radius 1 is 1.33 bits per heavy atom. The number of esters is 1. The summed E-state index contributed by atoms with van der Waals surface area (Å²) in [6.07, 6.45) is 3.36. The summed E-state index contributed by atoms with van der Waals surface area (Å²) in [5, 5.41) is 13.2. The molecule has 3 aromatic rings. The van der Waals surface area contributed by atoms with Crippen molar-refractivity contribution in [2.24, 2.45) is 0 Å². The van der Waals surface area contributed by atoms with E-state index in [1.807, 2.05) is 31.2 Å². The van der Waals surface area contributed by atoms with Gasteiger partial charge in [-0.05, 0) is 24.6 Å². The number of fused-ring (bicyclic) bond motifs is 1. The summed E-state index contributed by atoms with van der Waals surface area (Å²) in [6, 6.07) is 11.7. The van der Waals surface area contributed by atoms with E-state index < -0.39 is 5.92 Å². The summed E-state index contributed by atoms with van der Waals surface area (Å²) in [4.78, 5) is 24.7. The van der Waals surface area contributed by atoms with Crippen molar-refractivity contribution < 1.29 is 9.53 Å². The largest absolute Gasteiger partial charge is 0.464 e. The van der Waals surface area contributed by atoms with Crippen molar-refractivity contribution in [3.63, 3.8) is 0 Å². The summed E-state index contributed by atoms with van der Waals surface area (Å²) in [5.74, 6) is -0.677. The molecule has 1 unspecified atom stereocenters. The normalized spacial score (nSPS) is 11.7. The van der Waals surface area contributed by atoms with Gasteiger partial charge in [-0.1, -0.05) is 25.5 Å². The lowest BCUT2D eigenvalue weighted by molar-refractivity contribution is -0.141. The third kappa shape index (κ3) is 4.77. The molecule has 8 heteroatoms. The highest BCUT2D eigenvalue weighted by atomic mass is 32.1. The van der Waals surface area contributed by atoms with E-state index in [-0.39, 0.29) is 18.5 Å². The molecule has 1 N–H and O–H groups in total. The molecule has 0 amide bonds. The number of thiazole rings is 1. The number of nitriles is 1. The maximum Gasteiger partial charge on any atom is 0.325 e. The highest BCUT2D eigenvalue weighted by Gasteiger charge is 2.20. The van der Waals surface area contributed by atoms with Gasteiger partial charge >= 0.3 is 5.97 Å². The summed E-state index contributed by atoms with van der Waals surface area (Å²) >= 11 is 1.47. The minimum absolute atomic E-state index is 0.0223. The zero-order chi connectivity index (χ0) is 19.1. The van der Waals surface area contributed by atoms with E-state index in [0.717, 1.165) is 23.1 Å². The SMILES string of the molecule is CCCCOC(=O)CNc1nccc(C(C#N)c2nc3ccccc3s2)n1. The van der Waals surface area contributed by atoms with Crippen LogP contribution in [0.1, 0.15) is 36.4 Å². The fraction of sp³-hybridized carbons (Fsp3) is 0.316. The number of anilines is 1. The fourth-order valence-corrected chi connectivity index (χ4v) is 3.44. The third-order valence-corrected chi connectivity index (χ3v) is 4.91. The van der Waals surface area contributed by atoms with Gasteiger partial charge in [0, 0.05) is 6.20 Å². The number of carbonyl (C=O) groups excluding carboxylic acids is 1. The van der Waals surface area contributed by atoms with E-state index in [2.05, 4.69) is 26.3 Å². The molecular weight excluding hydrogens is 362 g/mol. The number of carbonyl (C=O) groups is 1. The number of para-hydroxylation sites is 1. The molecule has 0 aliphatic rings. The molecule has 1 atom stereocenters. The van der Waals surface area contributed by atoms with Gasteiger partial charge in [0.2, 0.25) is 5.95 Å². The molecule has 0 saturated heterocycles. The number of unbranched alkanes of at least 4 members (excludes halogenated alkanes) is 1. The molecule has 138 valence electrons. The van der Waals surface area contributed by atoms with E-state index in [9.17, 15) is 10.1 Å². The van der Waals surface area contributed by atoms with Gasteiger partial charge in [-0.15, -0.1) is 11.3 Å². The van der Waals surface area contributed by atoms with Crippen molar-refractivity contribution in [3.8, 4) is 6.07 Å². The molecule has 27 heavy (non-hydrogen) atoms. The number of nitrogens with zero attached hydrogens (tertiary/aromatic N) is 4. The second kappa shape index (κ2) is 9.05. The van der Waals surface area contributed by atoms with Gasteiger partial charge in [0.1, 0.15) is 17.5 Å². The first-order chi connectivity index (χ1) is 13.2. The van der Waals surface area contributed by atoms with Crippen LogP contribution in [0.5, 0.6) is 0 Å². The first-order valence-electron chi connectivity index (χ1n) is 8.68. The Morgan fingerprint density at radius 2 is 2.19 bits per heavy atom. The predicted octanol–water partition coefficient (Wildman–Crippen LogP) is 3.50. The van der Waals surface area contributed by atoms with Crippen LogP contribution in [0.25, 0.3) is 10.2 Å². The number of hydrogen-bond donors (Lipinski definition) is 1. The molecular formula is C19H19N5O2S. The smallest absolute Gasteiger partial charge is 0.325 e. The number of nitrogens with one attached hydrogen (secondary N) is 1. The van der Waals surface area contributed by atoms with Crippen LogP contribution in [0.2, 0.25) is 0 Å². The van der Waals surface area contributed by atoms with Crippen molar-refractivity contribution in [3.05, 3.63) is 47.2 Å². The lowest BCUT2D eigenvalue weighted by atomic mass is 10.1. The van der Waals surface area contributed by atoms with Gasteiger partial charge < -0.3 is 10.1 Å². The average molecular weight is 381 g/mol. The molecule has 2 aromatic heterocycles. The van der Waals surface area contributed by atoms with Gasteiger partial charge in [0.15, 0.2) is 0 Å². The first kappa shape index (κ1) is 18.7. The monoisotopic (exact) mass is 381 g/mol. The maximum absolute atomic E-state index is 11.7. The maximum atomic E-state index is 11.7. The highest BCUT2D eigenvalue weighted by molar-refractivity contribution is 7.18. The van der Waals surface area contributed by atoms with Crippen LogP contribution >= 0.6 is 11.3 Å². The standard InChI is InChI=1S/C19H19N5O2S/c1-2-3-10-26-17(25)12-22-19-21-9-8-14(24-19)13(11-20)18-23-15-6-4-5-7-16(15)27-18/h4-9,13H,2-3,10,12H2,1H3,(H,21,22,24). The first-order valence-corrected chi connectivity index (χ1v) is 9.50. The Balaban J connectivity index is 1.71. The molecule has 0 fully saturated rings. The Hall–Kier alpha value is -3.05. The molecule has 7 nitrogen and oxygen atoms in total. The Bertz CT molecular complexity index is 933. The Morgan fingerprint density at radius 3 is 2.96 bits per heavy atom. The third-order valence-electron chi connectivity index (χ3n) is 3.81. The lowest BCUT2D eigenvalue weighted by Crippen LogP contribution is -2.19. The molecule has 0 radical (unpaired) electrons. The molecule has 0 aliphatic carbocycles. The topological polar surface area (TPSA) is 101 Å². The number of rotatable bonds is 8. The molecule has 3 rings (SSSR count). The van der Waals surface area contributed by atoms with Crippen molar-refractivity contribution >= 4 is 33.5 Å². The van der Waals surface area contributed by atoms with E-state index in [4.69, 9.17) is 4.74 Å². The van der Waals surface area contributed by atoms with Crippen molar-refractivity contribution in [1.82, 2.24) is 15.0 Å². The van der Waals surface area contributed by atoms with Gasteiger partial charge in [0.05, 0.1) is 28.6 Å². The Kier molecular flexibility index (Phi) is 6.28. The zero-order valence-electron chi connectivity index (χ0n) is 14.9. The van der Waals surface area contributed by atoms with Gasteiger partial charge in [-0.2, -0.15) is 5.26 Å². The van der Waals surface area contributed by atoms with E-state index >= 15 is 0 Å². The van der Waals surface area contributed by atoms with Gasteiger partial charge in [0.25, 0.3) is 0 Å². The molecule has 0 saturated carbocycles. The van der Waals surface area contributed by atoms with Crippen molar-refractivity contribution in [2.45, 2.75) is 25.7 Å². The minimum atomic E-state index is -0.595.